The van der Waals surface area contributed by atoms with Gasteiger partial charge in [-0.1, -0.05) is 0 Å². The van der Waals surface area contributed by atoms with Gasteiger partial charge in [0.05, 0.1) is 11.6 Å². The van der Waals surface area contributed by atoms with Crippen LogP contribution in [-0.4, -0.2) is 19.2 Å². The molecule has 0 radical (unpaired) electrons. The number of hydrogen-bond donors (Lipinski definition) is 0. The predicted molar refractivity (Wildman–Crippen MR) is 59.7 cm³/mol. The summed E-state index contributed by atoms with van der Waals surface area (Å²) in [6, 6.07) is 1.87. The van der Waals surface area contributed by atoms with Crippen LogP contribution in [0.5, 0.6) is 0 Å². The zero-order valence-corrected chi connectivity index (χ0v) is 9.24. The maximum absolute atomic E-state index is 5.93. The third kappa shape index (κ3) is 1.27. The number of hydrogen-bond acceptors (Lipinski definition) is 3. The number of thiazole rings is 1. The van der Waals surface area contributed by atoms with Crippen molar-refractivity contribution in [3.63, 3.8) is 0 Å². The summed E-state index contributed by atoms with van der Waals surface area (Å²) in [5.41, 5.74) is 0.969. The van der Waals surface area contributed by atoms with E-state index in [4.69, 9.17) is 11.6 Å². The van der Waals surface area contributed by atoms with Crippen molar-refractivity contribution in [3.05, 3.63) is 35.7 Å². The Hall–Kier alpha value is -1.33. The van der Waals surface area contributed by atoms with Crippen molar-refractivity contribution in [2.24, 2.45) is 0 Å². The molecule has 15 heavy (non-hydrogen) atoms. The van der Waals surface area contributed by atoms with Crippen molar-refractivity contribution in [3.8, 4) is 5.82 Å². The number of rotatable bonds is 2. The molecule has 0 saturated carbocycles. The Balaban J connectivity index is 2.30. The Morgan fingerprint density at radius 1 is 1.40 bits per heavy atom. The molecule has 0 N–H and O–H groups in total. The van der Waals surface area contributed by atoms with Gasteiger partial charge in [0, 0.05) is 24.0 Å². The summed E-state index contributed by atoms with van der Waals surface area (Å²) in [6.07, 6.45) is 5.56. The van der Waals surface area contributed by atoms with E-state index in [-0.39, 0.29) is 0 Å². The minimum absolute atomic E-state index is 0.424. The molecule has 3 aromatic heterocycles. The van der Waals surface area contributed by atoms with E-state index < -0.39 is 0 Å². The van der Waals surface area contributed by atoms with Gasteiger partial charge in [-0.2, -0.15) is 10.1 Å². The molecule has 3 heterocycles. The molecule has 0 spiro atoms. The van der Waals surface area contributed by atoms with Gasteiger partial charge in [0.2, 0.25) is 0 Å². The van der Waals surface area contributed by atoms with Crippen LogP contribution in [0.15, 0.2) is 30.0 Å². The van der Waals surface area contributed by atoms with Crippen LogP contribution in [0.1, 0.15) is 5.69 Å². The molecule has 0 aliphatic carbocycles. The highest BCUT2D eigenvalue weighted by Gasteiger charge is 2.13. The number of halogens is 1. The third-order valence-corrected chi connectivity index (χ3v) is 3.20. The molecule has 0 amide bonds. The molecule has 4 nitrogen and oxygen atoms in total. The third-order valence-electron chi connectivity index (χ3n) is 2.19. The van der Waals surface area contributed by atoms with Crippen LogP contribution in [0.3, 0.4) is 0 Å². The molecule has 0 bridgehead atoms. The van der Waals surface area contributed by atoms with Gasteiger partial charge in [0.15, 0.2) is 10.8 Å². The molecule has 6 heteroatoms. The molecular formula is C9H7ClN4S. The molecule has 0 saturated heterocycles. The molecule has 76 valence electrons. The Morgan fingerprint density at radius 3 is 3.07 bits per heavy atom. The Kier molecular flexibility index (Phi) is 2.00. The van der Waals surface area contributed by atoms with Gasteiger partial charge in [0.25, 0.3) is 0 Å². The minimum atomic E-state index is 0.424. The standard InChI is InChI=1S/C9H7ClN4S/c10-6-7-8(14-3-1-2-11-14)12-9-13(7)4-5-15-9/h1-5H,6H2. The van der Waals surface area contributed by atoms with Crippen LogP contribution in [0.2, 0.25) is 0 Å². The van der Waals surface area contributed by atoms with Crippen molar-refractivity contribution < 1.29 is 0 Å². The second-order valence-electron chi connectivity index (χ2n) is 3.02. The molecule has 0 aromatic carbocycles. The lowest BCUT2D eigenvalue weighted by atomic mass is 10.5. The smallest absolute Gasteiger partial charge is 0.195 e. The summed E-state index contributed by atoms with van der Waals surface area (Å²) in [6.45, 7) is 0. The zero-order chi connectivity index (χ0) is 10.3. The van der Waals surface area contributed by atoms with E-state index in [2.05, 4.69) is 10.1 Å². The van der Waals surface area contributed by atoms with Crippen LogP contribution in [0.25, 0.3) is 10.8 Å². The van der Waals surface area contributed by atoms with Crippen LogP contribution >= 0.6 is 22.9 Å². The van der Waals surface area contributed by atoms with Crippen LogP contribution < -0.4 is 0 Å². The molecule has 0 atom stereocenters. The molecule has 0 fully saturated rings. The first kappa shape index (κ1) is 8.94. The van der Waals surface area contributed by atoms with Crippen molar-refractivity contribution in [1.29, 1.82) is 0 Å². The monoisotopic (exact) mass is 238 g/mol. The van der Waals surface area contributed by atoms with Gasteiger partial charge in [-0.3, -0.25) is 4.40 Å². The van der Waals surface area contributed by atoms with E-state index in [1.807, 2.05) is 28.2 Å². The predicted octanol–water partition coefficient (Wildman–Crippen LogP) is 2.32. The summed E-state index contributed by atoms with van der Waals surface area (Å²) in [5, 5.41) is 6.15. The topological polar surface area (TPSA) is 35.1 Å². The van der Waals surface area contributed by atoms with Crippen molar-refractivity contribution >= 4 is 27.9 Å². The fourth-order valence-corrected chi connectivity index (χ4v) is 2.50. The minimum Gasteiger partial charge on any atom is -0.291 e. The zero-order valence-electron chi connectivity index (χ0n) is 7.67. The van der Waals surface area contributed by atoms with Crippen molar-refractivity contribution in [2.75, 3.05) is 0 Å². The average molecular weight is 239 g/mol. The highest BCUT2D eigenvalue weighted by Crippen LogP contribution is 2.21. The van der Waals surface area contributed by atoms with Gasteiger partial charge >= 0.3 is 0 Å². The quantitative estimate of drug-likeness (QED) is 0.643. The molecule has 3 aromatic rings. The second kappa shape index (κ2) is 3.36. The number of aromatic nitrogens is 4. The summed E-state index contributed by atoms with van der Waals surface area (Å²) in [5.74, 6) is 1.23. The lowest BCUT2D eigenvalue weighted by molar-refractivity contribution is 0.843. The van der Waals surface area contributed by atoms with E-state index in [1.54, 1.807) is 22.2 Å². The fourth-order valence-electron chi connectivity index (χ4n) is 1.52. The summed E-state index contributed by atoms with van der Waals surface area (Å²) in [7, 11) is 0. The van der Waals surface area contributed by atoms with Gasteiger partial charge in [-0.15, -0.1) is 22.9 Å². The number of imidazole rings is 1. The van der Waals surface area contributed by atoms with Gasteiger partial charge in [-0.25, -0.2) is 4.68 Å². The lowest BCUT2D eigenvalue weighted by Crippen LogP contribution is -1.99. The summed E-state index contributed by atoms with van der Waals surface area (Å²) in [4.78, 5) is 5.42. The van der Waals surface area contributed by atoms with Gasteiger partial charge in [0.1, 0.15) is 0 Å². The number of alkyl halides is 1. The van der Waals surface area contributed by atoms with E-state index in [0.29, 0.717) is 5.88 Å². The Labute approximate surface area is 94.7 Å². The van der Waals surface area contributed by atoms with Crippen molar-refractivity contribution in [1.82, 2.24) is 19.2 Å². The van der Waals surface area contributed by atoms with Crippen molar-refractivity contribution in [2.45, 2.75) is 5.88 Å². The number of fused-ring (bicyclic) bond motifs is 1. The largest absolute Gasteiger partial charge is 0.291 e. The summed E-state index contributed by atoms with van der Waals surface area (Å²) < 4.78 is 3.73. The Morgan fingerprint density at radius 2 is 2.33 bits per heavy atom. The lowest BCUT2D eigenvalue weighted by Gasteiger charge is -1.98. The van der Waals surface area contributed by atoms with Crippen LogP contribution in [-0.2, 0) is 5.88 Å². The molecular weight excluding hydrogens is 232 g/mol. The highest BCUT2D eigenvalue weighted by atomic mass is 35.5. The van der Waals surface area contributed by atoms with Gasteiger partial charge in [-0.05, 0) is 6.07 Å². The Bertz CT molecular complexity index is 580. The first-order valence-electron chi connectivity index (χ1n) is 4.40. The normalized spacial score (nSPS) is 11.3. The maximum atomic E-state index is 5.93. The SMILES string of the molecule is ClCc1c(-n2cccn2)nc2sccn12. The van der Waals surface area contributed by atoms with E-state index in [0.717, 1.165) is 16.5 Å². The first-order chi connectivity index (χ1) is 7.40. The molecule has 3 rings (SSSR count). The fraction of sp³-hybridized carbons (Fsp3) is 0.111. The number of nitrogens with zero attached hydrogens (tertiary/aromatic N) is 4. The summed E-state index contributed by atoms with van der Waals surface area (Å²) >= 11 is 7.52. The average Bonchev–Trinajstić information content (AvgIpc) is 2.93. The van der Waals surface area contributed by atoms with E-state index in [9.17, 15) is 0 Å². The molecule has 0 unspecified atom stereocenters. The molecule has 0 aliphatic rings. The maximum Gasteiger partial charge on any atom is 0.195 e. The second-order valence-corrected chi connectivity index (χ2v) is 4.16. The highest BCUT2D eigenvalue weighted by molar-refractivity contribution is 7.15. The van der Waals surface area contributed by atoms with Crippen LogP contribution in [0.4, 0.5) is 0 Å². The first-order valence-corrected chi connectivity index (χ1v) is 5.82. The van der Waals surface area contributed by atoms with Crippen LogP contribution in [0, 0.1) is 0 Å². The van der Waals surface area contributed by atoms with Gasteiger partial charge < -0.3 is 0 Å². The van der Waals surface area contributed by atoms with E-state index in [1.165, 1.54) is 0 Å². The van der Waals surface area contributed by atoms with E-state index >= 15 is 0 Å². The molecule has 0 aliphatic heterocycles.